The van der Waals surface area contributed by atoms with E-state index in [1.165, 1.54) is 6.08 Å². The Morgan fingerprint density at radius 1 is 1.23 bits per heavy atom. The Morgan fingerprint density at radius 2 is 1.68 bits per heavy atom. The first-order chi connectivity index (χ1) is 9.91. The van der Waals surface area contributed by atoms with Gasteiger partial charge >= 0.3 is 0 Å². The van der Waals surface area contributed by atoms with E-state index in [0.29, 0.717) is 18.4 Å². The molecule has 0 unspecified atom stereocenters. The minimum atomic E-state index is -1.03. The molecule has 0 atom stereocenters. The fraction of sp³-hybridized carbons (Fsp3) is 0.588. The van der Waals surface area contributed by atoms with E-state index >= 15 is 0 Å². The number of carbonyl (C=O) groups excluding carboxylic acids is 2. The highest BCUT2D eigenvalue weighted by atomic mass is 16.2. The van der Waals surface area contributed by atoms with E-state index < -0.39 is 16.6 Å². The van der Waals surface area contributed by atoms with Gasteiger partial charge in [0, 0.05) is 29.5 Å². The molecule has 0 aromatic rings. The maximum atomic E-state index is 12.3. The average Bonchev–Trinajstić information content (AvgIpc) is 2.35. The van der Waals surface area contributed by atoms with Crippen LogP contribution in [0, 0.1) is 11.3 Å². The van der Waals surface area contributed by atoms with E-state index in [9.17, 15) is 14.9 Å². The van der Waals surface area contributed by atoms with Crippen LogP contribution in [0.4, 0.5) is 0 Å². The summed E-state index contributed by atoms with van der Waals surface area (Å²) in [5.41, 5.74) is -1.85. The van der Waals surface area contributed by atoms with Gasteiger partial charge in [-0.1, -0.05) is 13.2 Å². The lowest BCUT2D eigenvalue weighted by atomic mass is 9.69. The molecule has 1 N–H and O–H groups in total. The molecule has 1 fully saturated rings. The van der Waals surface area contributed by atoms with Crippen LogP contribution in [0.25, 0.3) is 0 Å². The first-order valence-electron chi connectivity index (χ1n) is 7.27. The highest BCUT2D eigenvalue weighted by Gasteiger charge is 2.54. The third-order valence-electron chi connectivity index (χ3n) is 4.03. The Kier molecular flexibility index (Phi) is 4.57. The lowest BCUT2D eigenvalue weighted by molar-refractivity contribution is -0.146. The Labute approximate surface area is 132 Å². The molecule has 0 aliphatic carbocycles. The van der Waals surface area contributed by atoms with Crippen molar-refractivity contribution < 1.29 is 9.59 Å². The second kappa shape index (κ2) is 5.60. The quantitative estimate of drug-likeness (QED) is 0.813. The Hall–Kier alpha value is -2.09. The number of hydrogen-bond acceptors (Lipinski definition) is 3. The average molecular weight is 303 g/mol. The van der Waals surface area contributed by atoms with Crippen molar-refractivity contribution in [2.75, 3.05) is 0 Å². The summed E-state index contributed by atoms with van der Waals surface area (Å²) in [6.45, 7) is 16.4. The summed E-state index contributed by atoms with van der Waals surface area (Å²) in [5.74, 6) is -0.510. The van der Waals surface area contributed by atoms with Gasteiger partial charge in [0.25, 0.3) is 0 Å². The van der Waals surface area contributed by atoms with Crippen molar-refractivity contribution in [2.24, 2.45) is 0 Å². The highest BCUT2D eigenvalue weighted by Crippen LogP contribution is 2.43. The number of nitrogens with one attached hydrogen (secondary N) is 1. The molecule has 2 amide bonds. The van der Waals surface area contributed by atoms with Gasteiger partial charge in [-0.25, -0.2) is 0 Å². The number of likely N-dealkylation sites (tertiary alicyclic amines) is 1. The predicted molar refractivity (Wildman–Crippen MR) is 85.7 cm³/mol. The molecule has 5 heteroatoms. The summed E-state index contributed by atoms with van der Waals surface area (Å²) in [5, 5.41) is 12.5. The van der Waals surface area contributed by atoms with Crippen molar-refractivity contribution in [3.8, 4) is 6.07 Å². The van der Waals surface area contributed by atoms with Crippen molar-refractivity contribution in [3.05, 3.63) is 24.8 Å². The fourth-order valence-electron chi connectivity index (χ4n) is 3.72. The van der Waals surface area contributed by atoms with Crippen molar-refractivity contribution in [1.82, 2.24) is 10.2 Å². The number of rotatable bonds is 3. The Balaban J connectivity index is 3.28. The van der Waals surface area contributed by atoms with Crippen LogP contribution in [-0.4, -0.2) is 33.3 Å². The van der Waals surface area contributed by atoms with Gasteiger partial charge in [0.15, 0.2) is 0 Å². The smallest absolute Gasteiger partial charge is 0.247 e. The minimum Gasteiger partial charge on any atom is -0.334 e. The molecule has 120 valence electrons. The summed E-state index contributed by atoms with van der Waals surface area (Å²) in [6, 6.07) is 2.26. The Bertz CT molecular complexity index is 549. The summed E-state index contributed by atoms with van der Waals surface area (Å²) >= 11 is 0. The highest BCUT2D eigenvalue weighted by molar-refractivity contribution is 5.93. The maximum Gasteiger partial charge on any atom is 0.247 e. The van der Waals surface area contributed by atoms with E-state index in [-0.39, 0.29) is 11.8 Å². The summed E-state index contributed by atoms with van der Waals surface area (Å²) < 4.78 is 0. The van der Waals surface area contributed by atoms with Gasteiger partial charge in [-0.15, -0.1) is 0 Å². The summed E-state index contributed by atoms with van der Waals surface area (Å²) in [6.07, 6.45) is 1.98. The second-order valence-electron chi connectivity index (χ2n) is 7.28. The molecule has 1 heterocycles. The fourth-order valence-corrected chi connectivity index (χ4v) is 3.72. The van der Waals surface area contributed by atoms with E-state index in [1.54, 1.807) is 11.8 Å². The van der Waals surface area contributed by atoms with Crippen molar-refractivity contribution in [3.63, 3.8) is 0 Å². The maximum absolute atomic E-state index is 12.3. The van der Waals surface area contributed by atoms with Gasteiger partial charge < -0.3 is 10.2 Å². The van der Waals surface area contributed by atoms with Crippen LogP contribution in [-0.2, 0) is 9.59 Å². The molecule has 1 aliphatic heterocycles. The lowest BCUT2D eigenvalue weighted by Gasteiger charge is -2.57. The molecule has 0 aromatic carbocycles. The van der Waals surface area contributed by atoms with E-state index in [1.807, 2.05) is 27.7 Å². The van der Waals surface area contributed by atoms with Gasteiger partial charge in [0.2, 0.25) is 11.8 Å². The molecule has 1 saturated heterocycles. The van der Waals surface area contributed by atoms with Gasteiger partial charge in [-0.2, -0.15) is 5.26 Å². The van der Waals surface area contributed by atoms with Crippen molar-refractivity contribution in [1.29, 1.82) is 5.26 Å². The normalized spacial score (nSPS) is 21.4. The van der Waals surface area contributed by atoms with Crippen LogP contribution >= 0.6 is 0 Å². The number of piperidine rings is 1. The molecule has 0 radical (unpaired) electrons. The van der Waals surface area contributed by atoms with Crippen LogP contribution in [0.1, 0.15) is 47.5 Å². The van der Waals surface area contributed by atoms with Gasteiger partial charge in [-0.05, 0) is 40.7 Å². The molecule has 0 bridgehead atoms. The van der Waals surface area contributed by atoms with Crippen LogP contribution in [0.2, 0.25) is 0 Å². The topological polar surface area (TPSA) is 73.2 Å². The molecule has 1 rings (SSSR count). The van der Waals surface area contributed by atoms with Crippen LogP contribution in [0.15, 0.2) is 24.8 Å². The van der Waals surface area contributed by atoms with E-state index in [2.05, 4.69) is 24.5 Å². The molecule has 0 saturated carbocycles. The van der Waals surface area contributed by atoms with E-state index in [0.717, 1.165) is 0 Å². The zero-order valence-corrected chi connectivity index (χ0v) is 14.1. The molecule has 5 nitrogen and oxygen atoms in total. The van der Waals surface area contributed by atoms with Gasteiger partial charge in [0.05, 0.1) is 6.07 Å². The zero-order chi connectivity index (χ0) is 17.3. The molecule has 0 aromatic heterocycles. The summed E-state index contributed by atoms with van der Waals surface area (Å²) in [7, 11) is 0. The number of carbonyl (C=O) groups is 2. The molecular weight excluding hydrogens is 278 g/mol. The van der Waals surface area contributed by atoms with Crippen LogP contribution < -0.4 is 5.32 Å². The Morgan fingerprint density at radius 3 is 2.00 bits per heavy atom. The molecule has 22 heavy (non-hydrogen) atoms. The third kappa shape index (κ3) is 3.22. The van der Waals surface area contributed by atoms with E-state index in [4.69, 9.17) is 0 Å². The molecule has 1 aliphatic rings. The predicted octanol–water partition coefficient (Wildman–Crippen LogP) is 2.31. The lowest BCUT2D eigenvalue weighted by Crippen LogP contribution is -2.70. The van der Waals surface area contributed by atoms with Crippen LogP contribution in [0.5, 0.6) is 0 Å². The number of nitriles is 1. The first kappa shape index (κ1) is 18.0. The number of amides is 2. The standard InChI is InChI=1S/C17H25N3O2/c1-8-13(21)20-15(4,5)9-17(11-18,10-16(20,6)7)19-14(22)12(2)3/h8H,1-2,9-10H2,3-7H3,(H,19,22). The molecular formula is C17H25N3O2. The second-order valence-corrected chi connectivity index (χ2v) is 7.28. The van der Waals surface area contributed by atoms with Gasteiger partial charge in [-0.3, -0.25) is 9.59 Å². The third-order valence-corrected chi connectivity index (χ3v) is 4.03. The number of hydrogen-bond donors (Lipinski definition) is 1. The molecule has 0 spiro atoms. The van der Waals surface area contributed by atoms with Crippen molar-refractivity contribution >= 4 is 11.8 Å². The SMILES string of the molecule is C=CC(=O)N1C(C)(C)CC(C#N)(NC(=O)C(=C)C)CC1(C)C. The number of nitrogens with zero attached hydrogens (tertiary/aromatic N) is 2. The van der Waals surface area contributed by atoms with Gasteiger partial charge in [0.1, 0.15) is 5.54 Å². The zero-order valence-electron chi connectivity index (χ0n) is 14.1. The van der Waals surface area contributed by atoms with Crippen molar-refractivity contribution in [2.45, 2.75) is 64.1 Å². The largest absolute Gasteiger partial charge is 0.334 e. The van der Waals surface area contributed by atoms with Crippen LogP contribution in [0.3, 0.4) is 0 Å². The monoisotopic (exact) mass is 303 g/mol. The summed E-state index contributed by atoms with van der Waals surface area (Å²) in [4.78, 5) is 26.0. The minimum absolute atomic E-state index is 0.173. The first-order valence-corrected chi connectivity index (χ1v) is 7.27.